The SMILES string of the molecule is COc1ccc(CC(=O)N[C@H](CC(=O)OC(C)C)c2ccccc2Cl)cc1F. The average molecular weight is 408 g/mol. The highest BCUT2D eigenvalue weighted by Gasteiger charge is 2.22. The molecule has 2 aromatic rings. The Labute approximate surface area is 168 Å². The maximum atomic E-state index is 13.8. The number of benzene rings is 2. The molecular weight excluding hydrogens is 385 g/mol. The molecule has 1 atom stereocenters. The molecule has 2 aromatic carbocycles. The molecule has 0 saturated heterocycles. The summed E-state index contributed by atoms with van der Waals surface area (Å²) in [4.78, 5) is 24.6. The highest BCUT2D eigenvalue weighted by atomic mass is 35.5. The molecule has 0 saturated carbocycles. The largest absolute Gasteiger partial charge is 0.494 e. The molecule has 7 heteroatoms. The van der Waals surface area contributed by atoms with Gasteiger partial charge >= 0.3 is 5.97 Å². The lowest BCUT2D eigenvalue weighted by molar-refractivity contribution is -0.148. The van der Waals surface area contributed by atoms with Crippen molar-refractivity contribution in [3.8, 4) is 5.75 Å². The highest BCUT2D eigenvalue weighted by molar-refractivity contribution is 6.31. The van der Waals surface area contributed by atoms with E-state index in [1.54, 1.807) is 44.2 Å². The summed E-state index contributed by atoms with van der Waals surface area (Å²) in [7, 11) is 1.37. The molecule has 0 aromatic heterocycles. The number of amides is 1. The standard InChI is InChI=1S/C21H23ClFNO4/c1-13(2)28-21(26)12-18(15-6-4-5-7-16(15)22)24-20(25)11-14-8-9-19(27-3)17(23)10-14/h4-10,13,18H,11-12H2,1-3H3,(H,24,25)/t18-/m1/s1. The van der Waals surface area contributed by atoms with Crippen LogP contribution in [0, 0.1) is 5.82 Å². The number of hydrogen-bond donors (Lipinski definition) is 1. The number of nitrogens with one attached hydrogen (secondary N) is 1. The molecule has 5 nitrogen and oxygen atoms in total. The normalized spacial score (nSPS) is 11.8. The topological polar surface area (TPSA) is 64.6 Å². The molecule has 2 rings (SSSR count). The van der Waals surface area contributed by atoms with Crippen LogP contribution in [0.1, 0.15) is 37.4 Å². The zero-order valence-electron chi connectivity index (χ0n) is 16.0. The van der Waals surface area contributed by atoms with Gasteiger partial charge in [0.2, 0.25) is 5.91 Å². The van der Waals surface area contributed by atoms with Crippen LogP contribution in [0.15, 0.2) is 42.5 Å². The molecule has 0 bridgehead atoms. The summed E-state index contributed by atoms with van der Waals surface area (Å²) in [5.74, 6) is -1.26. The van der Waals surface area contributed by atoms with Gasteiger partial charge in [-0.3, -0.25) is 9.59 Å². The van der Waals surface area contributed by atoms with Crippen molar-refractivity contribution in [2.45, 2.75) is 38.8 Å². The highest BCUT2D eigenvalue weighted by Crippen LogP contribution is 2.26. The fourth-order valence-corrected chi connectivity index (χ4v) is 2.99. The Bertz CT molecular complexity index is 841. The molecule has 0 aliphatic heterocycles. The lowest BCUT2D eigenvalue weighted by Crippen LogP contribution is -2.32. The van der Waals surface area contributed by atoms with Crippen LogP contribution in [-0.4, -0.2) is 25.1 Å². The fraction of sp³-hybridized carbons (Fsp3) is 0.333. The second-order valence-electron chi connectivity index (χ2n) is 6.53. The third-order valence-electron chi connectivity index (χ3n) is 3.93. The van der Waals surface area contributed by atoms with Gasteiger partial charge in [-0.25, -0.2) is 4.39 Å². The van der Waals surface area contributed by atoms with Gasteiger partial charge in [-0.1, -0.05) is 35.9 Å². The monoisotopic (exact) mass is 407 g/mol. The minimum atomic E-state index is -0.657. The molecule has 1 amide bonds. The van der Waals surface area contributed by atoms with Crippen molar-refractivity contribution in [1.29, 1.82) is 0 Å². The van der Waals surface area contributed by atoms with E-state index in [-0.39, 0.29) is 30.6 Å². The fourth-order valence-electron chi connectivity index (χ4n) is 2.72. The predicted octanol–water partition coefficient (Wildman–Crippen LogP) is 4.23. The Balaban J connectivity index is 2.14. The van der Waals surface area contributed by atoms with E-state index in [1.165, 1.54) is 19.2 Å². The molecular formula is C21H23ClFNO4. The molecule has 0 radical (unpaired) electrons. The van der Waals surface area contributed by atoms with Crippen LogP contribution in [0.3, 0.4) is 0 Å². The quantitative estimate of drug-likeness (QED) is 0.665. The van der Waals surface area contributed by atoms with Gasteiger partial charge in [-0.15, -0.1) is 0 Å². The van der Waals surface area contributed by atoms with Crippen LogP contribution in [-0.2, 0) is 20.7 Å². The number of carbonyl (C=O) groups excluding carboxylic acids is 2. The molecule has 28 heavy (non-hydrogen) atoms. The van der Waals surface area contributed by atoms with Crippen LogP contribution in [0.25, 0.3) is 0 Å². The van der Waals surface area contributed by atoms with Gasteiger partial charge in [0.15, 0.2) is 11.6 Å². The van der Waals surface area contributed by atoms with Crippen molar-refractivity contribution < 1.29 is 23.5 Å². The summed E-state index contributed by atoms with van der Waals surface area (Å²) in [6, 6.07) is 10.6. The van der Waals surface area contributed by atoms with E-state index >= 15 is 0 Å². The van der Waals surface area contributed by atoms with Gasteiger partial charge in [0.1, 0.15) is 0 Å². The minimum absolute atomic E-state index is 0.0545. The second-order valence-corrected chi connectivity index (χ2v) is 6.94. The lowest BCUT2D eigenvalue weighted by atomic mass is 10.0. The van der Waals surface area contributed by atoms with Crippen molar-refractivity contribution >= 4 is 23.5 Å². The first kappa shape index (κ1) is 21.7. The van der Waals surface area contributed by atoms with Crippen LogP contribution < -0.4 is 10.1 Å². The summed E-state index contributed by atoms with van der Waals surface area (Å²) in [6.07, 6.45) is -0.386. The summed E-state index contributed by atoms with van der Waals surface area (Å²) in [5.41, 5.74) is 1.09. The number of carbonyl (C=O) groups is 2. The summed E-state index contributed by atoms with van der Waals surface area (Å²) < 4.78 is 23.9. The Morgan fingerprint density at radius 2 is 1.89 bits per heavy atom. The predicted molar refractivity (Wildman–Crippen MR) is 105 cm³/mol. The van der Waals surface area contributed by atoms with Gasteiger partial charge in [0.05, 0.1) is 32.1 Å². The van der Waals surface area contributed by atoms with E-state index in [1.807, 2.05) is 0 Å². The number of hydrogen-bond acceptors (Lipinski definition) is 4. The van der Waals surface area contributed by atoms with Crippen LogP contribution in [0.5, 0.6) is 5.75 Å². The zero-order valence-corrected chi connectivity index (χ0v) is 16.8. The first-order chi connectivity index (χ1) is 13.3. The second kappa shape index (κ2) is 10.1. The smallest absolute Gasteiger partial charge is 0.308 e. The van der Waals surface area contributed by atoms with Gasteiger partial charge in [0.25, 0.3) is 0 Å². The summed E-state index contributed by atoms with van der Waals surface area (Å²) >= 11 is 6.24. The number of methoxy groups -OCH3 is 1. The van der Waals surface area contributed by atoms with Gasteiger partial charge in [-0.2, -0.15) is 0 Å². The van der Waals surface area contributed by atoms with E-state index in [4.69, 9.17) is 21.1 Å². The van der Waals surface area contributed by atoms with Gasteiger partial charge in [0, 0.05) is 5.02 Å². The molecule has 0 aliphatic rings. The van der Waals surface area contributed by atoms with E-state index in [0.29, 0.717) is 16.1 Å². The molecule has 0 spiro atoms. The maximum absolute atomic E-state index is 13.8. The molecule has 0 aliphatic carbocycles. The number of esters is 1. The Hall–Kier alpha value is -2.60. The van der Waals surface area contributed by atoms with Gasteiger partial charge < -0.3 is 14.8 Å². The van der Waals surface area contributed by atoms with Crippen molar-refractivity contribution in [3.05, 3.63) is 64.4 Å². The van der Waals surface area contributed by atoms with Crippen molar-refractivity contribution in [1.82, 2.24) is 5.32 Å². The van der Waals surface area contributed by atoms with Crippen LogP contribution in [0.4, 0.5) is 4.39 Å². The lowest BCUT2D eigenvalue weighted by Gasteiger charge is -2.20. The number of rotatable bonds is 8. The van der Waals surface area contributed by atoms with Crippen molar-refractivity contribution in [2.75, 3.05) is 7.11 Å². The molecule has 150 valence electrons. The van der Waals surface area contributed by atoms with E-state index in [2.05, 4.69) is 5.32 Å². The van der Waals surface area contributed by atoms with Crippen molar-refractivity contribution in [2.24, 2.45) is 0 Å². The summed E-state index contributed by atoms with van der Waals surface area (Å²) in [6.45, 7) is 3.50. The average Bonchev–Trinajstić information content (AvgIpc) is 2.61. The number of ether oxygens (including phenoxy) is 2. The first-order valence-electron chi connectivity index (χ1n) is 8.85. The van der Waals surface area contributed by atoms with E-state index < -0.39 is 17.8 Å². The third kappa shape index (κ3) is 6.23. The zero-order chi connectivity index (χ0) is 20.7. The maximum Gasteiger partial charge on any atom is 0.308 e. The van der Waals surface area contributed by atoms with Crippen molar-refractivity contribution in [3.63, 3.8) is 0 Å². The van der Waals surface area contributed by atoms with Gasteiger partial charge in [-0.05, 0) is 43.2 Å². The van der Waals surface area contributed by atoms with E-state index in [0.717, 1.165) is 0 Å². The third-order valence-corrected chi connectivity index (χ3v) is 4.28. The number of halogens is 2. The minimum Gasteiger partial charge on any atom is -0.494 e. The Kier molecular flexibility index (Phi) is 7.81. The summed E-state index contributed by atoms with van der Waals surface area (Å²) in [5, 5.41) is 3.23. The van der Waals surface area contributed by atoms with Crippen LogP contribution >= 0.6 is 11.6 Å². The van der Waals surface area contributed by atoms with E-state index in [9.17, 15) is 14.0 Å². The first-order valence-corrected chi connectivity index (χ1v) is 9.23. The van der Waals surface area contributed by atoms with Crippen LogP contribution in [0.2, 0.25) is 5.02 Å². The molecule has 1 N–H and O–H groups in total. The molecule has 0 heterocycles. The Morgan fingerprint density at radius 1 is 1.18 bits per heavy atom. The molecule has 0 fully saturated rings. The molecule has 0 unspecified atom stereocenters. The Morgan fingerprint density at radius 3 is 2.50 bits per heavy atom.